The van der Waals surface area contributed by atoms with Crippen LogP contribution in [-0.4, -0.2) is 7.11 Å². The van der Waals surface area contributed by atoms with Crippen molar-refractivity contribution in [3.05, 3.63) is 53.6 Å². The maximum absolute atomic E-state index is 9.05. The summed E-state index contributed by atoms with van der Waals surface area (Å²) in [5.41, 5.74) is 1.57. The van der Waals surface area contributed by atoms with Gasteiger partial charge >= 0.3 is 0 Å². The van der Waals surface area contributed by atoms with Crippen molar-refractivity contribution in [2.75, 3.05) is 7.11 Å². The molecule has 0 aliphatic rings. The van der Waals surface area contributed by atoms with E-state index in [2.05, 4.69) is 6.07 Å². The van der Waals surface area contributed by atoms with E-state index in [9.17, 15) is 0 Å². The van der Waals surface area contributed by atoms with Gasteiger partial charge in [0.05, 0.1) is 12.7 Å². The summed E-state index contributed by atoms with van der Waals surface area (Å²) in [6.45, 7) is 1.94. The van der Waals surface area contributed by atoms with Crippen LogP contribution < -0.4 is 9.47 Å². The molecule has 3 heteroatoms. The molecular formula is C15H13NO2. The van der Waals surface area contributed by atoms with E-state index >= 15 is 0 Å². The Morgan fingerprint density at radius 2 is 1.67 bits per heavy atom. The largest absolute Gasteiger partial charge is 0.497 e. The zero-order chi connectivity index (χ0) is 13.0. The molecular weight excluding hydrogens is 226 g/mol. The van der Waals surface area contributed by atoms with E-state index in [0.717, 1.165) is 11.3 Å². The molecule has 0 bridgehead atoms. The molecule has 2 aromatic carbocycles. The first kappa shape index (κ1) is 12.0. The first-order valence-electron chi connectivity index (χ1n) is 5.55. The van der Waals surface area contributed by atoms with Gasteiger partial charge in [0.1, 0.15) is 23.3 Å². The van der Waals surface area contributed by atoms with Crippen molar-refractivity contribution >= 4 is 0 Å². The van der Waals surface area contributed by atoms with Crippen LogP contribution in [0.1, 0.15) is 11.1 Å². The van der Waals surface area contributed by atoms with Crippen molar-refractivity contribution < 1.29 is 9.47 Å². The molecule has 90 valence electrons. The van der Waals surface area contributed by atoms with Gasteiger partial charge in [-0.25, -0.2) is 0 Å². The SMILES string of the molecule is COc1ccc(Oc2ccc(C)cc2C#N)cc1. The third-order valence-electron chi connectivity index (χ3n) is 2.54. The first-order chi connectivity index (χ1) is 8.72. The lowest BCUT2D eigenvalue weighted by Gasteiger charge is -2.08. The van der Waals surface area contributed by atoms with Crippen LogP contribution in [0.5, 0.6) is 17.2 Å². The second-order valence-electron chi connectivity index (χ2n) is 3.89. The maximum atomic E-state index is 9.05. The fraction of sp³-hybridized carbons (Fsp3) is 0.133. The zero-order valence-electron chi connectivity index (χ0n) is 10.3. The number of nitrogens with zero attached hydrogens (tertiary/aromatic N) is 1. The summed E-state index contributed by atoms with van der Waals surface area (Å²) in [4.78, 5) is 0. The number of nitriles is 1. The van der Waals surface area contributed by atoms with Crippen LogP contribution in [0, 0.1) is 18.3 Å². The Hall–Kier alpha value is -2.47. The van der Waals surface area contributed by atoms with Crippen LogP contribution in [0.25, 0.3) is 0 Å². The van der Waals surface area contributed by atoms with E-state index in [0.29, 0.717) is 17.1 Å². The standard InChI is InChI=1S/C15H13NO2/c1-11-3-8-15(12(9-11)10-16)18-14-6-4-13(17-2)5-7-14/h3-9H,1-2H3. The van der Waals surface area contributed by atoms with Gasteiger partial charge in [-0.1, -0.05) is 6.07 Å². The van der Waals surface area contributed by atoms with Crippen LogP contribution in [-0.2, 0) is 0 Å². The molecule has 3 nitrogen and oxygen atoms in total. The molecule has 0 heterocycles. The fourth-order valence-electron chi connectivity index (χ4n) is 1.59. The molecule has 0 N–H and O–H groups in total. The van der Waals surface area contributed by atoms with Gasteiger partial charge < -0.3 is 9.47 Å². The van der Waals surface area contributed by atoms with Crippen molar-refractivity contribution in [2.45, 2.75) is 6.92 Å². The second-order valence-corrected chi connectivity index (χ2v) is 3.89. The molecule has 0 aromatic heterocycles. The monoisotopic (exact) mass is 239 g/mol. The fourth-order valence-corrected chi connectivity index (χ4v) is 1.59. The zero-order valence-corrected chi connectivity index (χ0v) is 10.3. The Bertz CT molecular complexity index is 582. The lowest BCUT2D eigenvalue weighted by molar-refractivity contribution is 0.413. The summed E-state index contributed by atoms with van der Waals surface area (Å²) in [5, 5.41) is 9.05. The molecule has 0 aliphatic carbocycles. The summed E-state index contributed by atoms with van der Waals surface area (Å²) in [5.74, 6) is 2.01. The van der Waals surface area contributed by atoms with E-state index in [1.165, 1.54) is 0 Å². The second kappa shape index (κ2) is 5.24. The summed E-state index contributed by atoms with van der Waals surface area (Å²) < 4.78 is 10.7. The Kier molecular flexibility index (Phi) is 3.49. The highest BCUT2D eigenvalue weighted by Gasteiger charge is 2.05. The molecule has 0 saturated heterocycles. The quantitative estimate of drug-likeness (QED) is 0.820. The molecule has 18 heavy (non-hydrogen) atoms. The Labute approximate surface area is 106 Å². The average molecular weight is 239 g/mol. The predicted octanol–water partition coefficient (Wildman–Crippen LogP) is 3.67. The number of aryl methyl sites for hydroxylation is 1. The normalized spacial score (nSPS) is 9.61. The maximum Gasteiger partial charge on any atom is 0.145 e. The summed E-state index contributed by atoms with van der Waals surface area (Å²) >= 11 is 0. The number of ether oxygens (including phenoxy) is 2. The third kappa shape index (κ3) is 2.61. The van der Waals surface area contributed by atoms with Gasteiger partial charge in [-0.15, -0.1) is 0 Å². The van der Waals surface area contributed by atoms with Gasteiger partial charge in [-0.2, -0.15) is 5.26 Å². The van der Waals surface area contributed by atoms with Crippen LogP contribution in [0.4, 0.5) is 0 Å². The van der Waals surface area contributed by atoms with Gasteiger partial charge in [-0.3, -0.25) is 0 Å². The van der Waals surface area contributed by atoms with Gasteiger partial charge in [-0.05, 0) is 48.9 Å². The van der Waals surface area contributed by atoms with Crippen molar-refractivity contribution in [1.82, 2.24) is 0 Å². The number of rotatable bonds is 3. The van der Waals surface area contributed by atoms with E-state index in [1.807, 2.05) is 25.1 Å². The van der Waals surface area contributed by atoms with Crippen molar-refractivity contribution in [2.24, 2.45) is 0 Å². The smallest absolute Gasteiger partial charge is 0.145 e. The van der Waals surface area contributed by atoms with Crippen LogP contribution in [0.15, 0.2) is 42.5 Å². The van der Waals surface area contributed by atoms with Gasteiger partial charge in [0.2, 0.25) is 0 Å². The predicted molar refractivity (Wildman–Crippen MR) is 69.0 cm³/mol. The highest BCUT2D eigenvalue weighted by atomic mass is 16.5. The average Bonchev–Trinajstić information content (AvgIpc) is 2.41. The van der Waals surface area contributed by atoms with Crippen LogP contribution >= 0.6 is 0 Å². The number of hydrogen-bond donors (Lipinski definition) is 0. The molecule has 0 fully saturated rings. The summed E-state index contributed by atoms with van der Waals surface area (Å²) in [6.07, 6.45) is 0. The number of benzene rings is 2. The minimum absolute atomic E-state index is 0.533. The Balaban J connectivity index is 2.25. The minimum Gasteiger partial charge on any atom is -0.497 e. The molecule has 0 saturated carbocycles. The number of methoxy groups -OCH3 is 1. The Morgan fingerprint density at radius 3 is 2.28 bits per heavy atom. The van der Waals surface area contributed by atoms with E-state index in [1.54, 1.807) is 31.4 Å². The lowest BCUT2D eigenvalue weighted by atomic mass is 10.1. The van der Waals surface area contributed by atoms with Gasteiger partial charge in [0.15, 0.2) is 0 Å². The van der Waals surface area contributed by atoms with Crippen molar-refractivity contribution in [1.29, 1.82) is 5.26 Å². The molecule has 0 amide bonds. The van der Waals surface area contributed by atoms with Gasteiger partial charge in [0.25, 0.3) is 0 Å². The van der Waals surface area contributed by atoms with Crippen molar-refractivity contribution in [3.63, 3.8) is 0 Å². The van der Waals surface area contributed by atoms with E-state index < -0.39 is 0 Å². The first-order valence-corrected chi connectivity index (χ1v) is 5.55. The molecule has 0 aliphatic heterocycles. The van der Waals surface area contributed by atoms with Crippen LogP contribution in [0.2, 0.25) is 0 Å². The van der Waals surface area contributed by atoms with Crippen LogP contribution in [0.3, 0.4) is 0 Å². The highest BCUT2D eigenvalue weighted by molar-refractivity contribution is 5.47. The van der Waals surface area contributed by atoms with Gasteiger partial charge in [0, 0.05) is 0 Å². The molecule has 0 spiro atoms. The third-order valence-corrected chi connectivity index (χ3v) is 2.54. The summed E-state index contributed by atoms with van der Waals surface area (Å²) in [7, 11) is 1.61. The molecule has 0 unspecified atom stereocenters. The minimum atomic E-state index is 0.533. The Morgan fingerprint density at radius 1 is 1.00 bits per heavy atom. The highest BCUT2D eigenvalue weighted by Crippen LogP contribution is 2.27. The lowest BCUT2D eigenvalue weighted by Crippen LogP contribution is -1.89. The van der Waals surface area contributed by atoms with Crippen molar-refractivity contribution in [3.8, 4) is 23.3 Å². The van der Waals surface area contributed by atoms with E-state index in [4.69, 9.17) is 14.7 Å². The number of hydrogen-bond acceptors (Lipinski definition) is 3. The molecule has 0 atom stereocenters. The molecule has 0 radical (unpaired) electrons. The molecule has 2 rings (SSSR count). The van der Waals surface area contributed by atoms with E-state index in [-0.39, 0.29) is 0 Å². The molecule has 2 aromatic rings. The summed E-state index contributed by atoms with van der Waals surface area (Å²) in [6, 6.07) is 14.9. The topological polar surface area (TPSA) is 42.2 Å².